The molecule has 1 aromatic rings. The molecule has 5 nitrogen and oxygen atoms in total. The van der Waals surface area contributed by atoms with Crippen LogP contribution in [0.25, 0.3) is 0 Å². The fourth-order valence-corrected chi connectivity index (χ4v) is 1.50. The van der Waals surface area contributed by atoms with Crippen molar-refractivity contribution >= 4 is 11.6 Å². The van der Waals surface area contributed by atoms with E-state index in [9.17, 15) is 4.79 Å². The Bertz CT molecular complexity index is 377. The molecule has 0 aliphatic rings. The quantitative estimate of drug-likeness (QED) is 0.705. The van der Waals surface area contributed by atoms with Crippen molar-refractivity contribution in [1.29, 1.82) is 0 Å². The molecule has 0 saturated heterocycles. The molecule has 0 unspecified atom stereocenters. The van der Waals surface area contributed by atoms with Crippen LogP contribution >= 0.6 is 0 Å². The number of anilines is 1. The van der Waals surface area contributed by atoms with Crippen molar-refractivity contribution in [3.63, 3.8) is 0 Å². The summed E-state index contributed by atoms with van der Waals surface area (Å²) in [5.41, 5.74) is 1.36. The molecular formula is C14H23N3O2. The fraction of sp³-hybridized carbons (Fsp3) is 0.571. The van der Waals surface area contributed by atoms with Gasteiger partial charge >= 0.3 is 0 Å². The molecule has 0 atom stereocenters. The van der Waals surface area contributed by atoms with Gasteiger partial charge in [0.1, 0.15) is 5.69 Å². The van der Waals surface area contributed by atoms with Crippen molar-refractivity contribution < 1.29 is 9.53 Å². The zero-order valence-corrected chi connectivity index (χ0v) is 11.9. The number of rotatable bonds is 8. The molecule has 1 amide bonds. The van der Waals surface area contributed by atoms with Crippen molar-refractivity contribution in [3.05, 3.63) is 24.0 Å². The van der Waals surface area contributed by atoms with Crippen LogP contribution in [-0.2, 0) is 4.74 Å². The predicted octanol–water partition coefficient (Wildman–Crippen LogP) is 1.92. The van der Waals surface area contributed by atoms with Gasteiger partial charge in [-0.2, -0.15) is 0 Å². The number of nitrogens with zero attached hydrogens (tertiary/aromatic N) is 1. The largest absolute Gasteiger partial charge is 0.384 e. The summed E-state index contributed by atoms with van der Waals surface area (Å²) in [5.74, 6) is 0.497. The summed E-state index contributed by atoms with van der Waals surface area (Å²) in [6, 6.07) is 3.60. The van der Waals surface area contributed by atoms with E-state index in [-0.39, 0.29) is 5.91 Å². The minimum absolute atomic E-state index is 0.175. The average molecular weight is 265 g/mol. The molecule has 0 aliphatic heterocycles. The number of amides is 1. The van der Waals surface area contributed by atoms with E-state index < -0.39 is 0 Å². The Morgan fingerprint density at radius 2 is 2.16 bits per heavy atom. The van der Waals surface area contributed by atoms with Gasteiger partial charge in [-0.05, 0) is 24.5 Å². The van der Waals surface area contributed by atoms with Crippen LogP contribution in [0, 0.1) is 5.92 Å². The number of aromatic nitrogens is 1. The molecule has 1 heterocycles. The van der Waals surface area contributed by atoms with Crippen LogP contribution in [0.2, 0.25) is 0 Å². The predicted molar refractivity (Wildman–Crippen MR) is 76.4 cm³/mol. The van der Waals surface area contributed by atoms with Crippen LogP contribution in [0.5, 0.6) is 0 Å². The maximum atomic E-state index is 11.7. The first kappa shape index (κ1) is 15.4. The Kier molecular flexibility index (Phi) is 6.89. The smallest absolute Gasteiger partial charge is 0.269 e. The van der Waals surface area contributed by atoms with E-state index >= 15 is 0 Å². The van der Waals surface area contributed by atoms with Gasteiger partial charge in [-0.25, -0.2) is 4.98 Å². The van der Waals surface area contributed by atoms with Gasteiger partial charge in [0, 0.05) is 20.2 Å². The molecule has 0 bridgehead atoms. The third kappa shape index (κ3) is 6.20. The zero-order valence-electron chi connectivity index (χ0n) is 11.9. The van der Waals surface area contributed by atoms with E-state index in [1.165, 1.54) is 0 Å². The maximum Gasteiger partial charge on any atom is 0.269 e. The lowest BCUT2D eigenvalue weighted by Crippen LogP contribution is -2.27. The Morgan fingerprint density at radius 1 is 1.37 bits per heavy atom. The van der Waals surface area contributed by atoms with Gasteiger partial charge in [0.2, 0.25) is 0 Å². The first-order valence-corrected chi connectivity index (χ1v) is 6.60. The lowest BCUT2D eigenvalue weighted by molar-refractivity contribution is 0.0932. The van der Waals surface area contributed by atoms with Crippen molar-refractivity contribution in [3.8, 4) is 0 Å². The lowest BCUT2D eigenvalue weighted by atomic mass is 10.1. The summed E-state index contributed by atoms with van der Waals surface area (Å²) in [6.45, 7) is 6.28. The highest BCUT2D eigenvalue weighted by Gasteiger charge is 2.05. The Hall–Kier alpha value is -1.62. The summed E-state index contributed by atoms with van der Waals surface area (Å²) in [4.78, 5) is 15.8. The first-order chi connectivity index (χ1) is 9.13. The van der Waals surface area contributed by atoms with Crippen LogP contribution in [-0.4, -0.2) is 37.7 Å². The SMILES string of the molecule is COCCNC(=O)c1ccc(NCCC(C)C)cn1. The summed E-state index contributed by atoms with van der Waals surface area (Å²) in [5, 5.41) is 6.01. The monoisotopic (exact) mass is 265 g/mol. The number of methoxy groups -OCH3 is 1. The third-order valence-corrected chi connectivity index (χ3v) is 2.64. The molecule has 0 spiro atoms. The number of carbonyl (C=O) groups excluding carboxylic acids is 1. The number of hydrogen-bond donors (Lipinski definition) is 2. The Morgan fingerprint density at radius 3 is 2.74 bits per heavy atom. The van der Waals surface area contributed by atoms with Crippen LogP contribution in [0.1, 0.15) is 30.8 Å². The molecule has 2 N–H and O–H groups in total. The van der Waals surface area contributed by atoms with Crippen LogP contribution in [0.3, 0.4) is 0 Å². The van der Waals surface area contributed by atoms with E-state index in [1.807, 2.05) is 6.07 Å². The standard InChI is InChI=1S/C14H23N3O2/c1-11(2)6-7-15-12-4-5-13(17-10-12)14(18)16-8-9-19-3/h4-5,10-11,15H,6-9H2,1-3H3,(H,16,18). The molecule has 106 valence electrons. The molecule has 5 heteroatoms. The Labute approximate surface area is 114 Å². The van der Waals surface area contributed by atoms with Gasteiger partial charge in [-0.1, -0.05) is 13.8 Å². The first-order valence-electron chi connectivity index (χ1n) is 6.60. The van der Waals surface area contributed by atoms with Crippen molar-refractivity contribution in [2.45, 2.75) is 20.3 Å². The summed E-state index contributed by atoms with van der Waals surface area (Å²) in [6.07, 6.45) is 2.80. The molecule has 19 heavy (non-hydrogen) atoms. The third-order valence-electron chi connectivity index (χ3n) is 2.64. The summed E-state index contributed by atoms with van der Waals surface area (Å²) in [7, 11) is 1.60. The van der Waals surface area contributed by atoms with E-state index in [2.05, 4.69) is 29.5 Å². The van der Waals surface area contributed by atoms with Gasteiger partial charge in [-0.3, -0.25) is 4.79 Å². The van der Waals surface area contributed by atoms with Crippen molar-refractivity contribution in [2.24, 2.45) is 5.92 Å². The highest BCUT2D eigenvalue weighted by Crippen LogP contribution is 2.07. The lowest BCUT2D eigenvalue weighted by Gasteiger charge is -2.08. The molecule has 1 rings (SSSR count). The molecule has 0 aromatic carbocycles. The van der Waals surface area contributed by atoms with E-state index in [0.717, 1.165) is 18.7 Å². The molecule has 0 saturated carbocycles. The highest BCUT2D eigenvalue weighted by atomic mass is 16.5. The van der Waals surface area contributed by atoms with Gasteiger partial charge in [0.15, 0.2) is 0 Å². The number of hydrogen-bond acceptors (Lipinski definition) is 4. The number of ether oxygens (including phenoxy) is 1. The van der Waals surface area contributed by atoms with Gasteiger partial charge in [0.05, 0.1) is 18.5 Å². The topological polar surface area (TPSA) is 63.2 Å². The molecular weight excluding hydrogens is 242 g/mol. The van der Waals surface area contributed by atoms with Gasteiger partial charge in [0.25, 0.3) is 5.91 Å². The second-order valence-electron chi connectivity index (χ2n) is 4.79. The van der Waals surface area contributed by atoms with Crippen LogP contribution < -0.4 is 10.6 Å². The molecule has 0 aliphatic carbocycles. The minimum atomic E-state index is -0.175. The van der Waals surface area contributed by atoms with E-state index in [0.29, 0.717) is 24.8 Å². The average Bonchev–Trinajstić information content (AvgIpc) is 2.39. The molecule has 0 radical (unpaired) electrons. The zero-order chi connectivity index (χ0) is 14.1. The van der Waals surface area contributed by atoms with Crippen LogP contribution in [0.4, 0.5) is 5.69 Å². The van der Waals surface area contributed by atoms with Crippen LogP contribution in [0.15, 0.2) is 18.3 Å². The second-order valence-corrected chi connectivity index (χ2v) is 4.79. The number of carbonyl (C=O) groups is 1. The molecule has 0 fully saturated rings. The van der Waals surface area contributed by atoms with E-state index in [1.54, 1.807) is 19.4 Å². The van der Waals surface area contributed by atoms with Gasteiger partial charge < -0.3 is 15.4 Å². The van der Waals surface area contributed by atoms with E-state index in [4.69, 9.17) is 4.74 Å². The summed E-state index contributed by atoms with van der Waals surface area (Å²) >= 11 is 0. The highest BCUT2D eigenvalue weighted by molar-refractivity contribution is 5.92. The van der Waals surface area contributed by atoms with Gasteiger partial charge in [-0.15, -0.1) is 0 Å². The number of pyridine rings is 1. The minimum Gasteiger partial charge on any atom is -0.384 e. The summed E-state index contributed by atoms with van der Waals surface area (Å²) < 4.78 is 4.87. The van der Waals surface area contributed by atoms with Crippen molar-refractivity contribution in [1.82, 2.24) is 10.3 Å². The molecule has 1 aromatic heterocycles. The normalized spacial score (nSPS) is 10.5. The number of nitrogens with one attached hydrogen (secondary N) is 2. The fourth-order valence-electron chi connectivity index (χ4n) is 1.50. The Balaban J connectivity index is 2.40. The maximum absolute atomic E-state index is 11.7. The second kappa shape index (κ2) is 8.48. The van der Waals surface area contributed by atoms with Crippen molar-refractivity contribution in [2.75, 3.05) is 32.1 Å².